The van der Waals surface area contributed by atoms with Gasteiger partial charge in [0.15, 0.2) is 0 Å². The molecule has 4 rings (SSSR count). The minimum Gasteiger partial charge on any atom is -0.338 e. The van der Waals surface area contributed by atoms with E-state index >= 15 is 0 Å². The number of hydrogen-bond acceptors (Lipinski definition) is 3. The summed E-state index contributed by atoms with van der Waals surface area (Å²) in [6.07, 6.45) is 5.77. The third-order valence-corrected chi connectivity index (χ3v) is 6.45. The summed E-state index contributed by atoms with van der Waals surface area (Å²) in [5.74, 6) is 0.603. The molecule has 3 aliphatic heterocycles. The second-order valence-corrected chi connectivity index (χ2v) is 8.15. The molecule has 0 spiro atoms. The second kappa shape index (κ2) is 7.46. The van der Waals surface area contributed by atoms with Crippen LogP contribution in [0.1, 0.15) is 36.8 Å². The highest BCUT2D eigenvalue weighted by molar-refractivity contribution is 5.79. The van der Waals surface area contributed by atoms with Crippen molar-refractivity contribution in [1.29, 1.82) is 0 Å². The Labute approximate surface area is 151 Å². The minimum absolute atomic E-state index is 0.207. The predicted octanol–water partition coefficient (Wildman–Crippen LogP) is 2.38. The molecular formula is C21H31N3O. The summed E-state index contributed by atoms with van der Waals surface area (Å²) in [5.41, 5.74) is 2.76. The molecule has 2 saturated heterocycles. The molecule has 2 fully saturated rings. The maximum atomic E-state index is 13.1. The van der Waals surface area contributed by atoms with Crippen LogP contribution in [0.5, 0.6) is 0 Å². The van der Waals surface area contributed by atoms with Crippen molar-refractivity contribution in [3.8, 4) is 0 Å². The fourth-order valence-corrected chi connectivity index (χ4v) is 4.84. The zero-order chi connectivity index (χ0) is 17.2. The van der Waals surface area contributed by atoms with Gasteiger partial charge in [0.05, 0.1) is 5.92 Å². The summed E-state index contributed by atoms with van der Waals surface area (Å²) in [4.78, 5) is 20.3. The van der Waals surface area contributed by atoms with Crippen molar-refractivity contribution in [3.63, 3.8) is 0 Å². The average molecular weight is 341 g/mol. The lowest BCUT2D eigenvalue weighted by Crippen LogP contribution is -2.51. The van der Waals surface area contributed by atoms with Crippen LogP contribution in [0.2, 0.25) is 0 Å². The first-order chi connectivity index (χ1) is 12.2. The van der Waals surface area contributed by atoms with Crippen LogP contribution in [-0.2, 0) is 17.8 Å². The number of piperidine rings is 2. The molecule has 25 heavy (non-hydrogen) atoms. The minimum atomic E-state index is 0.207. The van der Waals surface area contributed by atoms with Gasteiger partial charge in [-0.2, -0.15) is 0 Å². The Morgan fingerprint density at radius 2 is 1.76 bits per heavy atom. The third-order valence-electron chi connectivity index (χ3n) is 6.45. The highest BCUT2D eigenvalue weighted by atomic mass is 16.2. The maximum Gasteiger partial charge on any atom is 0.227 e. The topological polar surface area (TPSA) is 26.8 Å². The van der Waals surface area contributed by atoms with Gasteiger partial charge >= 0.3 is 0 Å². The van der Waals surface area contributed by atoms with E-state index in [0.29, 0.717) is 11.9 Å². The molecule has 0 aromatic heterocycles. The van der Waals surface area contributed by atoms with Gasteiger partial charge in [-0.15, -0.1) is 0 Å². The Bertz CT molecular complexity index is 609. The summed E-state index contributed by atoms with van der Waals surface area (Å²) < 4.78 is 0. The van der Waals surface area contributed by atoms with E-state index in [-0.39, 0.29) is 5.92 Å². The van der Waals surface area contributed by atoms with Gasteiger partial charge in [-0.05, 0) is 69.9 Å². The SMILES string of the molecule is CN1CCC(N2CCCC(C(=O)N3CCc4ccccc4C3)C2)CC1. The molecular weight excluding hydrogens is 310 g/mol. The predicted molar refractivity (Wildman–Crippen MR) is 100 cm³/mol. The first-order valence-electron chi connectivity index (χ1n) is 9.99. The van der Waals surface area contributed by atoms with E-state index in [1.165, 1.54) is 50.0 Å². The molecule has 1 aromatic carbocycles. The maximum absolute atomic E-state index is 13.1. The first-order valence-corrected chi connectivity index (χ1v) is 9.99. The quantitative estimate of drug-likeness (QED) is 0.826. The first kappa shape index (κ1) is 17.0. The van der Waals surface area contributed by atoms with Crippen molar-refractivity contribution in [3.05, 3.63) is 35.4 Å². The van der Waals surface area contributed by atoms with E-state index in [2.05, 4.69) is 46.0 Å². The molecule has 1 atom stereocenters. The zero-order valence-corrected chi connectivity index (χ0v) is 15.5. The number of hydrogen-bond donors (Lipinski definition) is 0. The van der Waals surface area contributed by atoms with Crippen LogP contribution in [0.25, 0.3) is 0 Å². The number of carbonyl (C=O) groups is 1. The largest absolute Gasteiger partial charge is 0.338 e. The van der Waals surface area contributed by atoms with Gasteiger partial charge < -0.3 is 9.80 Å². The molecule has 1 unspecified atom stereocenters. The number of amides is 1. The molecule has 0 bridgehead atoms. The number of benzene rings is 1. The molecule has 0 radical (unpaired) electrons. The number of likely N-dealkylation sites (tertiary alicyclic amines) is 2. The van der Waals surface area contributed by atoms with E-state index in [0.717, 1.165) is 32.5 Å². The number of nitrogens with zero attached hydrogens (tertiary/aromatic N) is 3. The van der Waals surface area contributed by atoms with Crippen LogP contribution >= 0.6 is 0 Å². The van der Waals surface area contributed by atoms with Crippen molar-refractivity contribution in [2.75, 3.05) is 39.8 Å². The summed E-state index contributed by atoms with van der Waals surface area (Å²) in [6.45, 7) is 6.25. The summed E-state index contributed by atoms with van der Waals surface area (Å²) >= 11 is 0. The van der Waals surface area contributed by atoms with Crippen LogP contribution in [0.15, 0.2) is 24.3 Å². The Morgan fingerprint density at radius 3 is 2.56 bits per heavy atom. The van der Waals surface area contributed by atoms with Gasteiger partial charge in [-0.3, -0.25) is 9.69 Å². The number of fused-ring (bicyclic) bond motifs is 1. The Balaban J connectivity index is 1.37. The fraction of sp³-hybridized carbons (Fsp3) is 0.667. The molecule has 4 heteroatoms. The highest BCUT2D eigenvalue weighted by Crippen LogP contribution is 2.27. The zero-order valence-electron chi connectivity index (χ0n) is 15.5. The van der Waals surface area contributed by atoms with Crippen molar-refractivity contribution in [1.82, 2.24) is 14.7 Å². The van der Waals surface area contributed by atoms with Crippen molar-refractivity contribution in [2.45, 2.75) is 44.7 Å². The number of carbonyl (C=O) groups excluding carboxylic acids is 1. The van der Waals surface area contributed by atoms with E-state index in [1.807, 2.05) is 0 Å². The molecule has 0 N–H and O–H groups in total. The van der Waals surface area contributed by atoms with E-state index < -0.39 is 0 Å². The molecule has 3 aliphatic rings. The lowest BCUT2D eigenvalue weighted by molar-refractivity contribution is -0.138. The molecule has 0 saturated carbocycles. The molecule has 1 aromatic rings. The Morgan fingerprint density at radius 1 is 1.00 bits per heavy atom. The van der Waals surface area contributed by atoms with Crippen LogP contribution < -0.4 is 0 Å². The van der Waals surface area contributed by atoms with Crippen LogP contribution in [0, 0.1) is 5.92 Å². The van der Waals surface area contributed by atoms with Gasteiger partial charge in [-0.1, -0.05) is 24.3 Å². The average Bonchev–Trinajstić information content (AvgIpc) is 2.68. The standard InChI is InChI=1S/C21H31N3O/c1-22-12-9-20(10-13-22)23-11-4-7-19(16-23)21(25)24-14-8-17-5-2-3-6-18(17)15-24/h2-3,5-6,19-20H,4,7-16H2,1H3. The third kappa shape index (κ3) is 3.75. The van der Waals surface area contributed by atoms with Gasteiger partial charge in [-0.25, -0.2) is 0 Å². The Hall–Kier alpha value is -1.39. The van der Waals surface area contributed by atoms with Crippen LogP contribution in [0.3, 0.4) is 0 Å². The summed E-state index contributed by atoms with van der Waals surface area (Å²) in [6, 6.07) is 9.28. The smallest absolute Gasteiger partial charge is 0.227 e. The molecule has 3 heterocycles. The van der Waals surface area contributed by atoms with Crippen molar-refractivity contribution < 1.29 is 4.79 Å². The molecule has 136 valence electrons. The highest BCUT2D eigenvalue weighted by Gasteiger charge is 2.33. The monoisotopic (exact) mass is 341 g/mol. The second-order valence-electron chi connectivity index (χ2n) is 8.15. The van der Waals surface area contributed by atoms with Crippen LogP contribution in [-0.4, -0.2) is 66.4 Å². The van der Waals surface area contributed by atoms with Gasteiger partial charge in [0.1, 0.15) is 0 Å². The van der Waals surface area contributed by atoms with Crippen molar-refractivity contribution in [2.24, 2.45) is 5.92 Å². The lowest BCUT2D eigenvalue weighted by atomic mass is 9.91. The van der Waals surface area contributed by atoms with Crippen molar-refractivity contribution >= 4 is 5.91 Å². The van der Waals surface area contributed by atoms with Gasteiger partial charge in [0.2, 0.25) is 5.91 Å². The molecule has 4 nitrogen and oxygen atoms in total. The fourth-order valence-electron chi connectivity index (χ4n) is 4.84. The summed E-state index contributed by atoms with van der Waals surface area (Å²) in [5, 5.41) is 0. The summed E-state index contributed by atoms with van der Waals surface area (Å²) in [7, 11) is 2.22. The lowest BCUT2D eigenvalue weighted by Gasteiger charge is -2.42. The van der Waals surface area contributed by atoms with E-state index in [1.54, 1.807) is 0 Å². The molecule has 1 amide bonds. The Kier molecular flexibility index (Phi) is 5.09. The number of rotatable bonds is 2. The molecule has 0 aliphatic carbocycles. The van der Waals surface area contributed by atoms with E-state index in [4.69, 9.17) is 0 Å². The van der Waals surface area contributed by atoms with Crippen LogP contribution in [0.4, 0.5) is 0 Å². The van der Waals surface area contributed by atoms with E-state index in [9.17, 15) is 4.79 Å². The normalized spacial score (nSPS) is 26.4. The van der Waals surface area contributed by atoms with Gasteiger partial charge in [0, 0.05) is 25.7 Å². The van der Waals surface area contributed by atoms with Gasteiger partial charge in [0.25, 0.3) is 0 Å².